The van der Waals surface area contributed by atoms with Crippen molar-refractivity contribution < 1.29 is 25.2 Å². The Balaban J connectivity index is 3.79. The van der Waals surface area contributed by atoms with Gasteiger partial charge in [0.1, 0.15) is 12.2 Å². The van der Waals surface area contributed by atoms with Gasteiger partial charge in [-0.15, -0.1) is 0 Å². The third-order valence-corrected chi connectivity index (χ3v) is 11.2. The van der Waals surface area contributed by atoms with E-state index in [-0.39, 0.29) is 0 Å². The highest BCUT2D eigenvalue weighted by atomic mass is 16.3. The molecule has 0 aliphatic heterocycles. The number of nitrogens with one attached hydrogen (secondary N) is 1. The van der Waals surface area contributed by atoms with Gasteiger partial charge >= 0.3 is 0 Å². The number of aliphatic hydroxyl groups excluding tert-OH is 4. The quantitative estimate of drug-likeness (QED) is 0.0311. The molecule has 0 rings (SSSR count). The number of aliphatic hydroxyl groups is 4. The van der Waals surface area contributed by atoms with E-state index < -0.39 is 36.9 Å². The fourth-order valence-electron chi connectivity index (χ4n) is 7.23. The van der Waals surface area contributed by atoms with Gasteiger partial charge in [-0.2, -0.15) is 0 Å². The number of hydrogen-bond donors (Lipinski definition) is 5. The van der Waals surface area contributed by atoms with Crippen LogP contribution >= 0.6 is 0 Å². The van der Waals surface area contributed by atoms with Gasteiger partial charge in [-0.1, -0.05) is 197 Å². The van der Waals surface area contributed by atoms with Crippen molar-refractivity contribution >= 4 is 5.91 Å². The van der Waals surface area contributed by atoms with Crippen LogP contribution in [-0.2, 0) is 4.79 Å². The molecule has 0 saturated carbocycles. The van der Waals surface area contributed by atoms with E-state index in [0.29, 0.717) is 19.3 Å². The van der Waals surface area contributed by atoms with Crippen molar-refractivity contribution in [2.75, 3.05) is 6.61 Å². The Kier molecular flexibility index (Phi) is 44.5. The number of carbonyl (C=O) groups is 1. The van der Waals surface area contributed by atoms with Crippen LogP contribution in [0.5, 0.6) is 0 Å². The van der Waals surface area contributed by atoms with E-state index in [1.54, 1.807) is 0 Å². The Labute approximate surface area is 359 Å². The highest BCUT2D eigenvalue weighted by molar-refractivity contribution is 5.80. The fraction of sp³-hybridized carbons (Fsp3) is 0.788. The zero-order valence-corrected chi connectivity index (χ0v) is 38.0. The number of carbonyl (C=O) groups excluding carboxylic acids is 1. The lowest BCUT2D eigenvalue weighted by molar-refractivity contribution is -0.132. The van der Waals surface area contributed by atoms with Crippen LogP contribution in [0.15, 0.2) is 60.8 Å². The molecule has 0 bridgehead atoms. The standard InChI is InChI=1S/C52H95NO5/c1-3-5-7-9-11-13-15-17-19-21-22-23-24-25-26-27-28-29-30-32-33-35-37-39-41-43-45-49(55)51(57)48(47-54)53-52(58)50(56)46-44-42-40-38-36-34-31-20-18-16-14-12-10-8-6-4-2/h12,14,18,20,26-27,30,32,37,39,48-51,54-57H,3-11,13,15-17,19,21-25,28-29,31,33-36,38,40-47H2,1-2H3,(H,53,58)/b14-12-,20-18-,27-26+,32-30+,39-37+. The van der Waals surface area contributed by atoms with Crippen molar-refractivity contribution in [2.45, 2.75) is 257 Å². The molecule has 5 N–H and O–H groups in total. The first-order chi connectivity index (χ1) is 28.5. The van der Waals surface area contributed by atoms with Crippen LogP contribution in [0, 0.1) is 0 Å². The normalized spacial score (nSPS) is 14.5. The van der Waals surface area contributed by atoms with E-state index in [9.17, 15) is 25.2 Å². The van der Waals surface area contributed by atoms with Crippen molar-refractivity contribution in [1.82, 2.24) is 5.32 Å². The lowest BCUT2D eigenvalue weighted by atomic mass is 10.00. The zero-order valence-electron chi connectivity index (χ0n) is 38.0. The smallest absolute Gasteiger partial charge is 0.249 e. The van der Waals surface area contributed by atoms with E-state index in [1.165, 1.54) is 128 Å². The molecule has 0 aliphatic carbocycles. The first-order valence-electron chi connectivity index (χ1n) is 24.7. The van der Waals surface area contributed by atoms with Crippen molar-refractivity contribution in [3.05, 3.63) is 60.8 Å². The summed E-state index contributed by atoms with van der Waals surface area (Å²) in [5, 5.41) is 43.7. The van der Waals surface area contributed by atoms with Gasteiger partial charge in [-0.05, 0) is 96.3 Å². The van der Waals surface area contributed by atoms with Crippen LogP contribution in [0.3, 0.4) is 0 Å². The topological polar surface area (TPSA) is 110 Å². The van der Waals surface area contributed by atoms with Gasteiger partial charge in [0.05, 0.1) is 18.8 Å². The molecule has 6 heteroatoms. The molecule has 0 aromatic carbocycles. The Morgan fingerprint density at radius 1 is 0.431 bits per heavy atom. The van der Waals surface area contributed by atoms with Gasteiger partial charge in [0.15, 0.2) is 0 Å². The fourth-order valence-corrected chi connectivity index (χ4v) is 7.23. The summed E-state index contributed by atoms with van der Waals surface area (Å²) < 4.78 is 0. The maximum absolute atomic E-state index is 12.5. The summed E-state index contributed by atoms with van der Waals surface area (Å²) in [5.41, 5.74) is 0. The van der Waals surface area contributed by atoms with Crippen molar-refractivity contribution in [3.63, 3.8) is 0 Å². The van der Waals surface area contributed by atoms with Crippen molar-refractivity contribution in [2.24, 2.45) is 0 Å². The van der Waals surface area contributed by atoms with Crippen LogP contribution < -0.4 is 5.32 Å². The minimum absolute atomic E-state index is 0.344. The molecule has 0 aromatic heterocycles. The molecule has 0 spiro atoms. The van der Waals surface area contributed by atoms with Crippen LogP contribution in [0.25, 0.3) is 0 Å². The molecule has 338 valence electrons. The molecule has 0 aromatic rings. The van der Waals surface area contributed by atoms with Gasteiger partial charge in [-0.25, -0.2) is 0 Å². The van der Waals surface area contributed by atoms with E-state index in [4.69, 9.17) is 0 Å². The Morgan fingerprint density at radius 2 is 0.776 bits per heavy atom. The van der Waals surface area contributed by atoms with Gasteiger partial charge in [0.2, 0.25) is 5.91 Å². The number of unbranched alkanes of at least 4 members (excludes halogenated alkanes) is 25. The molecular formula is C52H95NO5. The Hall–Kier alpha value is -1.99. The SMILES string of the molecule is CCCCC/C=C\C/C=C\CCCCCCCCC(O)C(=O)NC(CO)C(O)C(O)CCC/C=C/CC/C=C/CC/C=C/CCCCCCCCCCCCCCC. The van der Waals surface area contributed by atoms with Crippen molar-refractivity contribution in [3.8, 4) is 0 Å². The minimum Gasteiger partial charge on any atom is -0.394 e. The van der Waals surface area contributed by atoms with E-state index >= 15 is 0 Å². The molecule has 0 aliphatic rings. The molecule has 0 saturated heterocycles. The average molecular weight is 814 g/mol. The molecule has 4 unspecified atom stereocenters. The summed E-state index contributed by atoms with van der Waals surface area (Å²) in [4.78, 5) is 12.5. The second-order valence-electron chi connectivity index (χ2n) is 16.8. The first-order valence-corrected chi connectivity index (χ1v) is 24.7. The monoisotopic (exact) mass is 814 g/mol. The lowest BCUT2D eigenvalue weighted by Gasteiger charge is -2.27. The van der Waals surface area contributed by atoms with Gasteiger partial charge in [0, 0.05) is 0 Å². The number of hydrogen-bond acceptors (Lipinski definition) is 5. The molecule has 6 nitrogen and oxygen atoms in total. The average Bonchev–Trinajstić information content (AvgIpc) is 3.23. The molecule has 58 heavy (non-hydrogen) atoms. The molecule has 4 atom stereocenters. The van der Waals surface area contributed by atoms with Gasteiger partial charge in [-0.3, -0.25) is 4.79 Å². The van der Waals surface area contributed by atoms with E-state index in [2.05, 4.69) is 79.9 Å². The summed E-state index contributed by atoms with van der Waals surface area (Å²) in [7, 11) is 0. The summed E-state index contributed by atoms with van der Waals surface area (Å²) >= 11 is 0. The second kappa shape index (κ2) is 46.1. The maximum atomic E-state index is 12.5. The number of rotatable bonds is 44. The van der Waals surface area contributed by atoms with E-state index in [0.717, 1.165) is 70.6 Å². The zero-order chi connectivity index (χ0) is 42.4. The minimum atomic E-state index is -1.30. The molecule has 0 radical (unpaired) electrons. The van der Waals surface area contributed by atoms with Crippen LogP contribution in [0.4, 0.5) is 0 Å². The Bertz CT molecular complexity index is 1000. The molecule has 1 amide bonds. The van der Waals surface area contributed by atoms with E-state index in [1.807, 2.05) is 0 Å². The molecule has 0 fully saturated rings. The summed E-state index contributed by atoms with van der Waals surface area (Å²) in [6.07, 6.45) is 58.4. The van der Waals surface area contributed by atoms with Gasteiger partial charge in [0.25, 0.3) is 0 Å². The third kappa shape index (κ3) is 39.5. The Morgan fingerprint density at radius 3 is 1.22 bits per heavy atom. The maximum Gasteiger partial charge on any atom is 0.249 e. The number of allylic oxidation sites excluding steroid dienone is 10. The highest BCUT2D eigenvalue weighted by Gasteiger charge is 2.28. The highest BCUT2D eigenvalue weighted by Crippen LogP contribution is 2.15. The lowest BCUT2D eigenvalue weighted by Crippen LogP contribution is -2.53. The summed E-state index contributed by atoms with van der Waals surface area (Å²) in [5.74, 6) is -0.610. The molecule has 0 heterocycles. The summed E-state index contributed by atoms with van der Waals surface area (Å²) in [6, 6.07) is -1.02. The summed E-state index contributed by atoms with van der Waals surface area (Å²) in [6.45, 7) is 4.01. The second-order valence-corrected chi connectivity index (χ2v) is 16.8. The van der Waals surface area contributed by atoms with Crippen molar-refractivity contribution in [1.29, 1.82) is 0 Å². The largest absolute Gasteiger partial charge is 0.394 e. The first kappa shape index (κ1) is 56.0. The van der Waals surface area contributed by atoms with Crippen LogP contribution in [0.1, 0.15) is 232 Å². The van der Waals surface area contributed by atoms with Gasteiger partial charge < -0.3 is 25.7 Å². The number of amides is 1. The predicted molar refractivity (Wildman–Crippen MR) is 251 cm³/mol. The van der Waals surface area contributed by atoms with Crippen LogP contribution in [-0.4, -0.2) is 57.3 Å². The van der Waals surface area contributed by atoms with Crippen LogP contribution in [0.2, 0.25) is 0 Å². The predicted octanol–water partition coefficient (Wildman–Crippen LogP) is 13.6. The molecular weight excluding hydrogens is 719 g/mol. The third-order valence-electron chi connectivity index (χ3n) is 11.2.